The summed E-state index contributed by atoms with van der Waals surface area (Å²) in [4.78, 5) is 40.2. The number of thioether (sulfide) groups is 1. The molecular formula is C19H17FN4O3S. The van der Waals surface area contributed by atoms with Crippen LogP contribution in [-0.4, -0.2) is 27.1 Å². The van der Waals surface area contributed by atoms with Gasteiger partial charge in [0.05, 0.1) is 23.2 Å². The number of fused-ring (bicyclic) bond motifs is 1. The number of nitrogens with one attached hydrogen (secondary N) is 2. The molecule has 1 aromatic heterocycles. The minimum Gasteiger partial charge on any atom is -0.283 e. The number of carbonyl (C=O) groups is 2. The molecule has 0 saturated carbocycles. The number of nitrogens with zero attached hydrogens (tertiary/aromatic N) is 2. The van der Waals surface area contributed by atoms with Crippen molar-refractivity contribution in [2.75, 3.05) is 5.75 Å². The summed E-state index contributed by atoms with van der Waals surface area (Å²) in [6, 6.07) is 12.8. The molecule has 0 fully saturated rings. The van der Waals surface area contributed by atoms with Gasteiger partial charge in [0.1, 0.15) is 5.82 Å². The van der Waals surface area contributed by atoms with Gasteiger partial charge >= 0.3 is 0 Å². The SMILES string of the molecule is CC(=O)NNC(=O)CSc1nc2ccccc2c(=O)n1Cc1ccc(F)cc1. The number of para-hydroxylation sites is 1. The Morgan fingerprint density at radius 1 is 1.11 bits per heavy atom. The van der Waals surface area contributed by atoms with Crippen molar-refractivity contribution < 1.29 is 14.0 Å². The first-order valence-corrected chi connectivity index (χ1v) is 9.35. The quantitative estimate of drug-likeness (QED) is 0.387. The molecule has 2 N–H and O–H groups in total. The summed E-state index contributed by atoms with van der Waals surface area (Å²) in [5.74, 6) is -1.24. The summed E-state index contributed by atoms with van der Waals surface area (Å²) in [6.07, 6.45) is 0. The van der Waals surface area contributed by atoms with Crippen LogP contribution in [-0.2, 0) is 16.1 Å². The van der Waals surface area contributed by atoms with Gasteiger partial charge in [-0.15, -0.1) is 0 Å². The molecule has 28 heavy (non-hydrogen) atoms. The van der Waals surface area contributed by atoms with E-state index in [2.05, 4.69) is 15.8 Å². The van der Waals surface area contributed by atoms with E-state index >= 15 is 0 Å². The molecule has 0 unspecified atom stereocenters. The van der Waals surface area contributed by atoms with Crippen molar-refractivity contribution in [3.05, 3.63) is 70.3 Å². The van der Waals surface area contributed by atoms with Crippen LogP contribution in [0.2, 0.25) is 0 Å². The number of amides is 2. The summed E-state index contributed by atoms with van der Waals surface area (Å²) in [5, 5.41) is 0.808. The molecule has 0 bridgehead atoms. The molecule has 0 aliphatic heterocycles. The maximum Gasteiger partial charge on any atom is 0.262 e. The first-order valence-electron chi connectivity index (χ1n) is 8.36. The van der Waals surface area contributed by atoms with E-state index in [0.29, 0.717) is 16.1 Å². The lowest BCUT2D eigenvalue weighted by Gasteiger charge is -2.13. The smallest absolute Gasteiger partial charge is 0.262 e. The highest BCUT2D eigenvalue weighted by Gasteiger charge is 2.14. The predicted octanol–water partition coefficient (Wildman–Crippen LogP) is 1.84. The maximum atomic E-state index is 13.2. The van der Waals surface area contributed by atoms with Gasteiger partial charge in [-0.1, -0.05) is 36.0 Å². The van der Waals surface area contributed by atoms with E-state index in [1.807, 2.05) is 0 Å². The molecule has 0 aliphatic rings. The molecule has 0 aliphatic carbocycles. The number of hydrazine groups is 1. The third-order valence-electron chi connectivity index (χ3n) is 3.79. The van der Waals surface area contributed by atoms with Gasteiger partial charge in [-0.2, -0.15) is 0 Å². The van der Waals surface area contributed by atoms with Crippen LogP contribution in [0.15, 0.2) is 58.5 Å². The van der Waals surface area contributed by atoms with Crippen LogP contribution in [0.3, 0.4) is 0 Å². The lowest BCUT2D eigenvalue weighted by molar-refractivity contribution is -0.126. The monoisotopic (exact) mass is 400 g/mol. The Morgan fingerprint density at radius 3 is 2.54 bits per heavy atom. The number of hydrogen-bond acceptors (Lipinski definition) is 5. The summed E-state index contributed by atoms with van der Waals surface area (Å²) in [7, 11) is 0. The molecule has 3 rings (SSSR count). The zero-order valence-electron chi connectivity index (χ0n) is 14.9. The number of carbonyl (C=O) groups excluding carboxylic acids is 2. The number of halogens is 1. The van der Waals surface area contributed by atoms with E-state index in [4.69, 9.17) is 0 Å². The fourth-order valence-electron chi connectivity index (χ4n) is 2.49. The van der Waals surface area contributed by atoms with Gasteiger partial charge in [-0.3, -0.25) is 29.8 Å². The number of aromatic nitrogens is 2. The Kier molecular flexibility index (Phi) is 6.05. The fraction of sp³-hybridized carbons (Fsp3) is 0.158. The topological polar surface area (TPSA) is 93.1 Å². The molecule has 2 aromatic carbocycles. The molecule has 9 heteroatoms. The molecule has 0 atom stereocenters. The first-order chi connectivity index (χ1) is 13.4. The zero-order valence-corrected chi connectivity index (χ0v) is 15.8. The van der Waals surface area contributed by atoms with Gasteiger partial charge in [-0.05, 0) is 29.8 Å². The van der Waals surface area contributed by atoms with Crippen molar-refractivity contribution in [1.82, 2.24) is 20.4 Å². The number of hydrogen-bond donors (Lipinski definition) is 2. The van der Waals surface area contributed by atoms with E-state index in [1.54, 1.807) is 36.4 Å². The lowest BCUT2D eigenvalue weighted by Crippen LogP contribution is -2.41. The molecule has 0 spiro atoms. The Balaban J connectivity index is 1.92. The summed E-state index contributed by atoms with van der Waals surface area (Å²) in [6.45, 7) is 1.46. The number of rotatable bonds is 5. The highest BCUT2D eigenvalue weighted by molar-refractivity contribution is 7.99. The van der Waals surface area contributed by atoms with Crippen molar-refractivity contribution in [3.63, 3.8) is 0 Å². The maximum absolute atomic E-state index is 13.2. The average molecular weight is 400 g/mol. The molecule has 0 radical (unpaired) electrons. The zero-order chi connectivity index (χ0) is 20.1. The van der Waals surface area contributed by atoms with Crippen LogP contribution in [0.1, 0.15) is 12.5 Å². The van der Waals surface area contributed by atoms with Gasteiger partial charge in [0.15, 0.2) is 5.16 Å². The van der Waals surface area contributed by atoms with Crippen molar-refractivity contribution >= 4 is 34.5 Å². The Bertz CT molecular complexity index is 1080. The first kappa shape index (κ1) is 19.6. The fourth-order valence-corrected chi connectivity index (χ4v) is 3.29. The molecule has 1 heterocycles. The van der Waals surface area contributed by atoms with Gasteiger partial charge in [-0.25, -0.2) is 9.37 Å². The normalized spacial score (nSPS) is 10.6. The minimum atomic E-state index is -0.434. The highest BCUT2D eigenvalue weighted by Crippen LogP contribution is 2.19. The third kappa shape index (κ3) is 4.74. The van der Waals surface area contributed by atoms with Crippen LogP contribution in [0.25, 0.3) is 10.9 Å². The van der Waals surface area contributed by atoms with E-state index in [0.717, 1.165) is 17.3 Å². The Hall–Kier alpha value is -3.20. The van der Waals surface area contributed by atoms with Crippen molar-refractivity contribution in [2.24, 2.45) is 0 Å². The summed E-state index contributed by atoms with van der Waals surface area (Å²) >= 11 is 1.07. The van der Waals surface area contributed by atoms with Crippen LogP contribution >= 0.6 is 11.8 Å². The Labute approximate surface area is 163 Å². The summed E-state index contributed by atoms with van der Waals surface area (Å²) < 4.78 is 14.6. The van der Waals surface area contributed by atoms with E-state index in [1.165, 1.54) is 23.6 Å². The van der Waals surface area contributed by atoms with Gasteiger partial charge < -0.3 is 0 Å². The standard InChI is InChI=1S/C19H17FN4O3S/c1-12(25)22-23-17(26)11-28-19-21-16-5-3-2-4-15(16)18(27)24(19)10-13-6-8-14(20)9-7-13/h2-9H,10-11H2,1H3,(H,22,25)(H,23,26). The van der Waals surface area contributed by atoms with Gasteiger partial charge in [0, 0.05) is 6.92 Å². The van der Waals surface area contributed by atoms with E-state index in [-0.39, 0.29) is 23.7 Å². The van der Waals surface area contributed by atoms with Crippen molar-refractivity contribution in [2.45, 2.75) is 18.6 Å². The van der Waals surface area contributed by atoms with Gasteiger partial charge in [0.2, 0.25) is 11.8 Å². The van der Waals surface area contributed by atoms with Crippen molar-refractivity contribution in [3.8, 4) is 0 Å². The van der Waals surface area contributed by atoms with Gasteiger partial charge in [0.25, 0.3) is 5.56 Å². The second-order valence-corrected chi connectivity index (χ2v) is 6.89. The highest BCUT2D eigenvalue weighted by atomic mass is 32.2. The minimum absolute atomic E-state index is 0.0471. The Morgan fingerprint density at radius 2 is 1.82 bits per heavy atom. The van der Waals surface area contributed by atoms with Crippen molar-refractivity contribution in [1.29, 1.82) is 0 Å². The second kappa shape index (κ2) is 8.66. The molecular weight excluding hydrogens is 383 g/mol. The van der Waals surface area contributed by atoms with Crippen LogP contribution in [0.5, 0.6) is 0 Å². The second-order valence-electron chi connectivity index (χ2n) is 5.95. The number of benzene rings is 2. The molecule has 144 valence electrons. The lowest BCUT2D eigenvalue weighted by atomic mass is 10.2. The average Bonchev–Trinajstić information content (AvgIpc) is 2.68. The molecule has 0 saturated heterocycles. The van der Waals surface area contributed by atoms with Crippen LogP contribution in [0, 0.1) is 5.82 Å². The molecule has 7 nitrogen and oxygen atoms in total. The third-order valence-corrected chi connectivity index (χ3v) is 4.77. The van der Waals surface area contributed by atoms with E-state index < -0.39 is 11.8 Å². The molecule has 2 amide bonds. The molecule has 3 aromatic rings. The summed E-state index contributed by atoms with van der Waals surface area (Å²) in [5.41, 5.74) is 5.47. The largest absolute Gasteiger partial charge is 0.283 e. The van der Waals surface area contributed by atoms with E-state index in [9.17, 15) is 18.8 Å². The van der Waals surface area contributed by atoms with Crippen LogP contribution in [0.4, 0.5) is 4.39 Å². The van der Waals surface area contributed by atoms with Crippen LogP contribution < -0.4 is 16.4 Å². The predicted molar refractivity (Wildman–Crippen MR) is 104 cm³/mol.